The van der Waals surface area contributed by atoms with Crippen molar-refractivity contribution in [1.82, 2.24) is 4.72 Å². The molecular weight excluding hydrogens is 337 g/mol. The van der Waals surface area contributed by atoms with Crippen LogP contribution in [0.4, 0.5) is 4.39 Å². The Balaban J connectivity index is 2.52. The molecule has 0 aliphatic heterocycles. The predicted molar refractivity (Wildman–Crippen MR) is 75.0 cm³/mol. The van der Waals surface area contributed by atoms with Crippen LogP contribution in [0.5, 0.6) is 0 Å². The molecule has 1 aromatic rings. The molecule has 0 heterocycles. The molecule has 1 rings (SSSR count). The summed E-state index contributed by atoms with van der Waals surface area (Å²) in [5, 5.41) is 0. The molecule has 0 aliphatic rings. The van der Waals surface area contributed by atoms with E-state index >= 15 is 0 Å². The molecule has 1 N–H and O–H groups in total. The van der Waals surface area contributed by atoms with Crippen LogP contribution in [0, 0.1) is 5.82 Å². The van der Waals surface area contributed by atoms with Gasteiger partial charge in [-0.1, -0.05) is 15.9 Å². The van der Waals surface area contributed by atoms with Gasteiger partial charge >= 0.3 is 0 Å². The van der Waals surface area contributed by atoms with Crippen LogP contribution < -0.4 is 4.72 Å². The highest BCUT2D eigenvalue weighted by Gasteiger charge is 2.18. The Morgan fingerprint density at radius 3 is 2.68 bits per heavy atom. The molecule has 0 amide bonds. The number of hydrogen-bond acceptors (Lipinski definition) is 3. The molecule has 0 fully saturated rings. The first kappa shape index (κ1) is 16.6. The highest BCUT2D eigenvalue weighted by Crippen LogP contribution is 2.19. The highest BCUT2D eigenvalue weighted by molar-refractivity contribution is 9.10. The van der Waals surface area contributed by atoms with Crippen LogP contribution in [-0.4, -0.2) is 28.7 Å². The third-order valence-electron chi connectivity index (χ3n) is 2.50. The number of sulfonamides is 1. The van der Waals surface area contributed by atoms with E-state index in [2.05, 4.69) is 20.7 Å². The zero-order valence-electron chi connectivity index (χ0n) is 10.7. The smallest absolute Gasteiger partial charge is 0.243 e. The maximum Gasteiger partial charge on any atom is 0.243 e. The minimum Gasteiger partial charge on any atom is -0.385 e. The second-order valence-electron chi connectivity index (χ2n) is 4.03. The lowest BCUT2D eigenvalue weighted by molar-refractivity contribution is 0.192. The lowest BCUT2D eigenvalue weighted by Gasteiger charge is -2.07. The topological polar surface area (TPSA) is 55.4 Å². The average Bonchev–Trinajstić information content (AvgIpc) is 2.33. The molecule has 0 aliphatic carbocycles. The number of methoxy groups -OCH3 is 1. The van der Waals surface area contributed by atoms with E-state index in [4.69, 9.17) is 4.74 Å². The van der Waals surface area contributed by atoms with Crippen molar-refractivity contribution in [1.29, 1.82) is 0 Å². The molecular formula is C12H17BrFNO3S. The van der Waals surface area contributed by atoms with E-state index in [-0.39, 0.29) is 4.90 Å². The van der Waals surface area contributed by atoms with E-state index in [1.807, 2.05) is 0 Å². The van der Waals surface area contributed by atoms with E-state index in [1.165, 1.54) is 12.1 Å². The average molecular weight is 354 g/mol. The number of ether oxygens (including phenoxy) is 1. The van der Waals surface area contributed by atoms with Crippen LogP contribution in [0.25, 0.3) is 0 Å². The number of nitrogens with one attached hydrogen (secondary N) is 1. The maximum absolute atomic E-state index is 13.6. The summed E-state index contributed by atoms with van der Waals surface area (Å²) in [7, 11) is -2.15. The van der Waals surface area contributed by atoms with E-state index in [0.29, 0.717) is 24.0 Å². The molecule has 0 radical (unpaired) electrons. The van der Waals surface area contributed by atoms with Crippen molar-refractivity contribution in [2.45, 2.75) is 24.2 Å². The zero-order valence-corrected chi connectivity index (χ0v) is 13.1. The van der Waals surface area contributed by atoms with E-state index in [1.54, 1.807) is 7.11 Å². The van der Waals surface area contributed by atoms with Crippen LogP contribution in [-0.2, 0) is 14.8 Å². The van der Waals surface area contributed by atoms with E-state index < -0.39 is 15.8 Å². The summed E-state index contributed by atoms with van der Waals surface area (Å²) in [6, 6.07) is 3.87. The SMILES string of the molecule is COCCCCCNS(=O)(=O)c1ccc(Br)cc1F. The summed E-state index contributed by atoms with van der Waals surface area (Å²) < 4.78 is 45.1. The minimum atomic E-state index is -3.78. The summed E-state index contributed by atoms with van der Waals surface area (Å²) in [5.41, 5.74) is 0. The first-order valence-corrected chi connectivity index (χ1v) is 8.18. The first-order chi connectivity index (χ1) is 8.97. The second kappa shape index (κ2) is 7.94. The van der Waals surface area contributed by atoms with Crippen molar-refractivity contribution >= 4 is 26.0 Å². The van der Waals surface area contributed by atoms with Crippen molar-refractivity contribution in [3.63, 3.8) is 0 Å². The summed E-state index contributed by atoms with van der Waals surface area (Å²) >= 11 is 3.08. The third-order valence-corrected chi connectivity index (χ3v) is 4.49. The van der Waals surface area contributed by atoms with Gasteiger partial charge in [0, 0.05) is 24.7 Å². The van der Waals surface area contributed by atoms with Gasteiger partial charge in [-0.15, -0.1) is 0 Å². The number of benzene rings is 1. The van der Waals surface area contributed by atoms with Gasteiger partial charge < -0.3 is 4.74 Å². The van der Waals surface area contributed by atoms with Gasteiger partial charge in [0.15, 0.2) is 0 Å². The Labute approximate surface area is 121 Å². The summed E-state index contributed by atoms with van der Waals surface area (Å²) in [6.07, 6.45) is 2.44. The van der Waals surface area contributed by atoms with Gasteiger partial charge in [-0.3, -0.25) is 0 Å². The van der Waals surface area contributed by atoms with E-state index in [0.717, 1.165) is 18.9 Å². The van der Waals surface area contributed by atoms with Gasteiger partial charge in [0.25, 0.3) is 0 Å². The quantitative estimate of drug-likeness (QED) is 0.731. The Kier molecular flexibility index (Phi) is 6.92. The van der Waals surface area contributed by atoms with Crippen molar-refractivity contribution in [2.24, 2.45) is 0 Å². The number of rotatable bonds is 8. The molecule has 0 bridgehead atoms. The summed E-state index contributed by atoms with van der Waals surface area (Å²) in [4.78, 5) is -0.326. The van der Waals surface area contributed by atoms with Gasteiger partial charge in [-0.2, -0.15) is 0 Å². The van der Waals surface area contributed by atoms with E-state index in [9.17, 15) is 12.8 Å². The third kappa shape index (κ3) is 5.56. The zero-order chi connectivity index (χ0) is 14.3. The maximum atomic E-state index is 13.6. The Morgan fingerprint density at radius 1 is 1.32 bits per heavy atom. The van der Waals surface area contributed by atoms with Crippen molar-refractivity contribution in [3.8, 4) is 0 Å². The molecule has 7 heteroatoms. The fraction of sp³-hybridized carbons (Fsp3) is 0.500. The van der Waals surface area contributed by atoms with Crippen LogP contribution in [0.1, 0.15) is 19.3 Å². The summed E-state index contributed by atoms with van der Waals surface area (Å²) in [5.74, 6) is -0.763. The molecule has 19 heavy (non-hydrogen) atoms. The second-order valence-corrected chi connectivity index (χ2v) is 6.68. The lowest BCUT2D eigenvalue weighted by atomic mass is 10.2. The van der Waals surface area contributed by atoms with Crippen molar-refractivity contribution in [3.05, 3.63) is 28.5 Å². The molecule has 0 unspecified atom stereocenters. The Hall–Kier alpha value is -0.500. The van der Waals surface area contributed by atoms with Crippen LogP contribution >= 0.6 is 15.9 Å². The molecule has 108 valence electrons. The number of hydrogen-bond donors (Lipinski definition) is 1. The molecule has 1 aromatic carbocycles. The Bertz CT molecular complexity index is 508. The van der Waals surface area contributed by atoms with Crippen LogP contribution in [0.3, 0.4) is 0 Å². The standard InChI is InChI=1S/C12H17BrFNO3S/c1-18-8-4-2-3-7-15-19(16,17)12-6-5-10(13)9-11(12)14/h5-6,9,15H,2-4,7-8H2,1H3. The fourth-order valence-corrected chi connectivity index (χ4v) is 2.99. The van der Waals surface area contributed by atoms with Crippen molar-refractivity contribution < 1.29 is 17.5 Å². The number of halogens is 2. The molecule has 0 atom stereocenters. The molecule has 4 nitrogen and oxygen atoms in total. The molecule has 0 aromatic heterocycles. The van der Waals surface area contributed by atoms with Crippen LogP contribution in [0.2, 0.25) is 0 Å². The minimum absolute atomic E-state index is 0.293. The lowest BCUT2D eigenvalue weighted by Crippen LogP contribution is -2.25. The molecule has 0 saturated carbocycles. The highest BCUT2D eigenvalue weighted by atomic mass is 79.9. The van der Waals surface area contributed by atoms with Gasteiger partial charge in [-0.05, 0) is 37.5 Å². The first-order valence-electron chi connectivity index (χ1n) is 5.91. The van der Waals surface area contributed by atoms with Gasteiger partial charge in [0.2, 0.25) is 10.0 Å². The van der Waals surface area contributed by atoms with Crippen molar-refractivity contribution in [2.75, 3.05) is 20.3 Å². The number of unbranched alkanes of at least 4 members (excludes halogenated alkanes) is 2. The molecule has 0 spiro atoms. The fourth-order valence-electron chi connectivity index (χ4n) is 1.53. The molecule has 0 saturated heterocycles. The predicted octanol–water partition coefficient (Wildman–Crippen LogP) is 2.68. The van der Waals surface area contributed by atoms with Crippen LogP contribution in [0.15, 0.2) is 27.6 Å². The van der Waals surface area contributed by atoms with Gasteiger partial charge in [-0.25, -0.2) is 17.5 Å². The largest absolute Gasteiger partial charge is 0.385 e. The normalized spacial score (nSPS) is 11.7. The summed E-state index contributed by atoms with van der Waals surface area (Å²) in [6.45, 7) is 0.954. The monoisotopic (exact) mass is 353 g/mol. The van der Waals surface area contributed by atoms with Gasteiger partial charge in [0.1, 0.15) is 10.7 Å². The van der Waals surface area contributed by atoms with Gasteiger partial charge in [0.05, 0.1) is 0 Å². The Morgan fingerprint density at radius 2 is 2.05 bits per heavy atom.